The highest BCUT2D eigenvalue weighted by atomic mass is 35.5. The molecule has 0 saturated heterocycles. The van der Waals surface area contributed by atoms with Gasteiger partial charge in [-0.3, -0.25) is 4.72 Å². The van der Waals surface area contributed by atoms with Gasteiger partial charge in [-0.1, -0.05) is 16.8 Å². The third kappa shape index (κ3) is 1.84. The lowest BCUT2D eigenvalue weighted by Crippen LogP contribution is -1.94. The molecule has 0 aliphatic rings. The number of nitrogens with zero attached hydrogens (tertiary/aromatic N) is 1. The molecule has 0 aliphatic carbocycles. The largest absolute Gasteiger partial charge is 0.358 e. The smallest absolute Gasteiger partial charge is 0.223 e. The van der Waals surface area contributed by atoms with Gasteiger partial charge in [-0.15, -0.1) is 0 Å². The lowest BCUT2D eigenvalue weighted by molar-refractivity contribution is 0.400. The highest BCUT2D eigenvalue weighted by Crippen LogP contribution is 2.23. The van der Waals surface area contributed by atoms with Gasteiger partial charge in [0.2, 0.25) is 16.7 Å². The van der Waals surface area contributed by atoms with Crippen LogP contribution in [0, 0.1) is 6.92 Å². The summed E-state index contributed by atoms with van der Waals surface area (Å²) >= 11 is 5.57. The van der Waals surface area contributed by atoms with Crippen LogP contribution in [-0.2, 0) is 10.9 Å². The molecule has 0 amide bonds. The fraction of sp³-hybridized carbons (Fsp3) is 0.250. The van der Waals surface area contributed by atoms with Crippen molar-refractivity contribution in [1.82, 2.24) is 5.16 Å². The third-order valence-corrected chi connectivity index (χ3v) is 1.83. The number of aromatic nitrogens is 1. The van der Waals surface area contributed by atoms with E-state index in [1.54, 1.807) is 6.92 Å². The summed E-state index contributed by atoms with van der Waals surface area (Å²) in [7, 11) is -2.74. The van der Waals surface area contributed by atoms with Crippen LogP contribution in [-0.4, -0.2) is 13.6 Å². The van der Waals surface area contributed by atoms with Crippen LogP contribution in [0.2, 0.25) is 5.02 Å². The third-order valence-electron chi connectivity index (χ3n) is 0.988. The van der Waals surface area contributed by atoms with E-state index >= 15 is 0 Å². The lowest BCUT2D eigenvalue weighted by Gasteiger charge is -1.88. The molecule has 1 heterocycles. The maximum Gasteiger partial charge on any atom is 0.223 e. The van der Waals surface area contributed by atoms with Crippen molar-refractivity contribution in [1.29, 1.82) is 0 Å². The summed E-state index contributed by atoms with van der Waals surface area (Å²) in [6.45, 7) is 1.58. The predicted molar refractivity (Wildman–Crippen MR) is 40.2 cm³/mol. The molecular weight excluding hydrogens is 192 g/mol. The van der Waals surface area contributed by atoms with Crippen LogP contribution in [0.15, 0.2) is 4.52 Å². The number of nitrogens with one attached hydrogen (secondary N) is 1. The van der Waals surface area contributed by atoms with Crippen LogP contribution >= 0.6 is 11.6 Å². The molecule has 0 atom stereocenters. The van der Waals surface area contributed by atoms with Crippen LogP contribution in [0.4, 0.5) is 5.82 Å². The van der Waals surface area contributed by atoms with Gasteiger partial charge in [0.05, 0.1) is 0 Å². The van der Waals surface area contributed by atoms with Crippen molar-refractivity contribution in [2.45, 2.75) is 6.92 Å². The van der Waals surface area contributed by atoms with Crippen molar-refractivity contribution in [3.8, 4) is 0 Å². The summed E-state index contributed by atoms with van der Waals surface area (Å²) in [6.07, 6.45) is 0. The fourth-order valence-electron chi connectivity index (χ4n) is 0.517. The quantitative estimate of drug-likeness (QED) is 0.679. The molecular formula is C4H5ClN2O3S. The Labute approximate surface area is 69.4 Å². The Kier molecular flexibility index (Phi) is 2.35. The fourth-order valence-corrected chi connectivity index (χ4v) is 1.02. The summed E-state index contributed by atoms with van der Waals surface area (Å²) in [5.41, 5.74) is 0. The van der Waals surface area contributed by atoms with Gasteiger partial charge in [0.25, 0.3) is 0 Å². The van der Waals surface area contributed by atoms with Crippen molar-refractivity contribution >= 4 is 28.3 Å². The van der Waals surface area contributed by atoms with Crippen LogP contribution in [0.5, 0.6) is 0 Å². The SMILES string of the molecule is Cc1onc(N[SH](=O)=O)c1Cl. The molecule has 1 aromatic rings. The van der Waals surface area contributed by atoms with Crippen molar-refractivity contribution in [2.75, 3.05) is 4.72 Å². The Bertz CT molecular complexity index is 324. The van der Waals surface area contributed by atoms with E-state index in [1.807, 2.05) is 4.72 Å². The normalized spacial score (nSPS) is 10.5. The van der Waals surface area contributed by atoms with Crippen molar-refractivity contribution in [3.63, 3.8) is 0 Å². The lowest BCUT2D eigenvalue weighted by atomic mass is 10.5. The maximum atomic E-state index is 10.1. The van der Waals surface area contributed by atoms with Crippen LogP contribution in [0.25, 0.3) is 0 Å². The van der Waals surface area contributed by atoms with Gasteiger partial charge in [0.1, 0.15) is 5.02 Å². The molecule has 5 nitrogen and oxygen atoms in total. The first-order chi connectivity index (χ1) is 5.11. The van der Waals surface area contributed by atoms with Gasteiger partial charge >= 0.3 is 0 Å². The van der Waals surface area contributed by atoms with Crippen molar-refractivity contribution in [2.24, 2.45) is 0 Å². The second-order valence-electron chi connectivity index (χ2n) is 1.77. The molecule has 0 spiro atoms. The van der Waals surface area contributed by atoms with Crippen LogP contribution in [0.3, 0.4) is 0 Å². The molecule has 7 heteroatoms. The maximum absolute atomic E-state index is 10.1. The monoisotopic (exact) mass is 196 g/mol. The highest BCUT2D eigenvalue weighted by Gasteiger charge is 2.09. The Morgan fingerprint density at radius 3 is 2.64 bits per heavy atom. The molecule has 62 valence electrons. The molecule has 0 aromatic carbocycles. The molecule has 0 saturated carbocycles. The van der Waals surface area contributed by atoms with E-state index in [9.17, 15) is 8.42 Å². The molecule has 1 rings (SSSR count). The Morgan fingerprint density at radius 1 is 1.64 bits per heavy atom. The van der Waals surface area contributed by atoms with Gasteiger partial charge in [-0.05, 0) is 6.92 Å². The van der Waals surface area contributed by atoms with E-state index < -0.39 is 10.9 Å². The average molecular weight is 197 g/mol. The second kappa shape index (κ2) is 3.10. The first-order valence-electron chi connectivity index (χ1n) is 2.64. The van der Waals surface area contributed by atoms with Gasteiger partial charge in [-0.2, -0.15) is 0 Å². The minimum absolute atomic E-state index is 0.0280. The van der Waals surface area contributed by atoms with Crippen LogP contribution < -0.4 is 4.72 Å². The number of thiol groups is 1. The van der Waals surface area contributed by atoms with Gasteiger partial charge in [0, 0.05) is 0 Å². The van der Waals surface area contributed by atoms with E-state index in [4.69, 9.17) is 11.6 Å². The zero-order chi connectivity index (χ0) is 8.43. The number of rotatable bonds is 2. The Balaban J connectivity index is 2.95. The van der Waals surface area contributed by atoms with Crippen LogP contribution in [0.1, 0.15) is 5.76 Å². The number of halogens is 1. The molecule has 0 fully saturated rings. The van der Waals surface area contributed by atoms with Gasteiger partial charge in [-0.25, -0.2) is 8.42 Å². The van der Waals surface area contributed by atoms with Gasteiger partial charge in [0.15, 0.2) is 5.76 Å². The topological polar surface area (TPSA) is 72.2 Å². The predicted octanol–water partition coefficient (Wildman–Crippen LogP) is 0.575. The van der Waals surface area contributed by atoms with E-state index in [-0.39, 0.29) is 10.8 Å². The minimum atomic E-state index is -2.74. The first-order valence-corrected chi connectivity index (χ1v) is 4.19. The zero-order valence-corrected chi connectivity index (χ0v) is 7.15. The molecule has 0 aliphatic heterocycles. The van der Waals surface area contributed by atoms with Gasteiger partial charge < -0.3 is 4.52 Å². The number of anilines is 1. The van der Waals surface area contributed by atoms with E-state index in [2.05, 4.69) is 9.68 Å². The van der Waals surface area contributed by atoms with Crippen molar-refractivity contribution in [3.05, 3.63) is 10.8 Å². The zero-order valence-electron chi connectivity index (χ0n) is 5.50. The molecule has 1 aromatic heterocycles. The average Bonchev–Trinajstić information content (AvgIpc) is 2.18. The summed E-state index contributed by atoms with van der Waals surface area (Å²) in [6, 6.07) is 0. The number of hydrogen-bond acceptors (Lipinski definition) is 4. The molecule has 1 N–H and O–H groups in total. The standard InChI is InChI=1S/C4H5ClN2O3S/c1-2-3(5)4(6-10-2)7-11(8)9/h11H,1H3,(H,6,7,8,9). The Hall–Kier alpha value is -0.750. The molecule has 11 heavy (non-hydrogen) atoms. The Morgan fingerprint density at radius 2 is 2.27 bits per heavy atom. The number of hydrogen-bond donors (Lipinski definition) is 2. The van der Waals surface area contributed by atoms with Crippen molar-refractivity contribution < 1.29 is 12.9 Å². The summed E-state index contributed by atoms with van der Waals surface area (Å²) in [5, 5.41) is 3.54. The highest BCUT2D eigenvalue weighted by molar-refractivity contribution is 7.73. The minimum Gasteiger partial charge on any atom is -0.358 e. The summed E-state index contributed by atoms with van der Waals surface area (Å²) < 4.78 is 26.8. The molecule has 0 bridgehead atoms. The van der Waals surface area contributed by atoms with E-state index in [0.717, 1.165) is 0 Å². The molecule has 0 radical (unpaired) electrons. The van der Waals surface area contributed by atoms with E-state index in [0.29, 0.717) is 5.76 Å². The molecule has 0 unspecified atom stereocenters. The first kappa shape index (κ1) is 8.35. The summed E-state index contributed by atoms with van der Waals surface area (Å²) in [5.74, 6) is 0.409. The van der Waals surface area contributed by atoms with E-state index in [1.165, 1.54) is 0 Å². The second-order valence-corrected chi connectivity index (χ2v) is 2.89. The summed E-state index contributed by atoms with van der Waals surface area (Å²) in [4.78, 5) is 0. The number of aryl methyl sites for hydroxylation is 1.